The molecule has 0 unspecified atom stereocenters. The van der Waals surface area contributed by atoms with Crippen molar-refractivity contribution in [3.63, 3.8) is 0 Å². The summed E-state index contributed by atoms with van der Waals surface area (Å²) in [5, 5.41) is 1.04. The Labute approximate surface area is 76.2 Å². The number of hydrogen-bond donors (Lipinski definition) is 0. The summed E-state index contributed by atoms with van der Waals surface area (Å²) in [4.78, 5) is 4.21. The Bertz CT molecular complexity index is 250. The zero-order chi connectivity index (χ0) is 8.27. The van der Waals surface area contributed by atoms with Crippen LogP contribution in [0.4, 0.5) is 0 Å². The van der Waals surface area contributed by atoms with Gasteiger partial charge in [0.15, 0.2) is 0 Å². The van der Waals surface area contributed by atoms with Crippen LogP contribution in [0, 0.1) is 6.92 Å². The number of pyridine rings is 1. The Hall–Kier alpha value is -0.210. The molecule has 0 saturated carbocycles. The molecule has 0 bridgehead atoms. The van der Waals surface area contributed by atoms with Gasteiger partial charge in [-0.15, -0.1) is 23.4 Å². The summed E-state index contributed by atoms with van der Waals surface area (Å²) in [7, 11) is 0. The van der Waals surface area contributed by atoms with Crippen LogP contribution in [0.25, 0.3) is 0 Å². The first-order chi connectivity index (χ1) is 5.29. The van der Waals surface area contributed by atoms with Gasteiger partial charge in [0.1, 0.15) is 5.03 Å². The summed E-state index contributed by atoms with van der Waals surface area (Å²) in [6, 6.07) is 1.98. The number of thioether (sulfide) groups is 1. The summed E-state index contributed by atoms with van der Waals surface area (Å²) < 4.78 is 0. The van der Waals surface area contributed by atoms with E-state index in [0.29, 0.717) is 5.88 Å². The largest absolute Gasteiger partial charge is 0.250 e. The molecule has 0 aliphatic carbocycles. The third-order valence-electron chi connectivity index (χ3n) is 1.58. The van der Waals surface area contributed by atoms with Crippen molar-refractivity contribution >= 4 is 23.4 Å². The van der Waals surface area contributed by atoms with Gasteiger partial charge in [-0.3, -0.25) is 0 Å². The fourth-order valence-corrected chi connectivity index (χ4v) is 1.96. The summed E-state index contributed by atoms with van der Waals surface area (Å²) >= 11 is 7.40. The van der Waals surface area contributed by atoms with Crippen LogP contribution in [0.2, 0.25) is 0 Å². The Balaban J connectivity index is 3.13. The van der Waals surface area contributed by atoms with Gasteiger partial charge >= 0.3 is 0 Å². The van der Waals surface area contributed by atoms with E-state index in [-0.39, 0.29) is 0 Å². The first-order valence-electron chi connectivity index (χ1n) is 3.34. The van der Waals surface area contributed by atoms with E-state index >= 15 is 0 Å². The number of halogens is 1. The fraction of sp³-hybridized carbons (Fsp3) is 0.375. The number of hydrogen-bond acceptors (Lipinski definition) is 2. The Morgan fingerprint density at radius 1 is 1.64 bits per heavy atom. The van der Waals surface area contributed by atoms with Crippen LogP contribution in [0.3, 0.4) is 0 Å². The van der Waals surface area contributed by atoms with E-state index in [2.05, 4.69) is 11.9 Å². The lowest BCUT2D eigenvalue weighted by Gasteiger charge is -2.04. The van der Waals surface area contributed by atoms with Gasteiger partial charge in [-0.2, -0.15) is 0 Å². The number of aryl methyl sites for hydroxylation is 1. The second-order valence-electron chi connectivity index (χ2n) is 2.25. The highest BCUT2D eigenvalue weighted by Gasteiger charge is 2.03. The summed E-state index contributed by atoms with van der Waals surface area (Å²) in [6.45, 7) is 2.05. The number of aromatic nitrogens is 1. The smallest absolute Gasteiger partial charge is 0.100 e. The molecule has 0 aliphatic heterocycles. The van der Waals surface area contributed by atoms with Gasteiger partial charge in [0.2, 0.25) is 0 Å². The van der Waals surface area contributed by atoms with Gasteiger partial charge in [-0.1, -0.05) is 0 Å². The molecule has 3 heteroatoms. The number of nitrogens with zero attached hydrogens (tertiary/aromatic N) is 1. The molecule has 0 saturated heterocycles. The molecule has 11 heavy (non-hydrogen) atoms. The zero-order valence-corrected chi connectivity index (χ0v) is 8.17. The minimum atomic E-state index is 0.551. The molecular weight excluding hydrogens is 178 g/mol. The van der Waals surface area contributed by atoms with E-state index in [4.69, 9.17) is 11.6 Å². The predicted octanol–water partition coefficient (Wildman–Crippen LogP) is 2.85. The van der Waals surface area contributed by atoms with Crippen molar-refractivity contribution in [2.75, 3.05) is 6.26 Å². The molecule has 0 aromatic carbocycles. The van der Waals surface area contributed by atoms with Crippen LogP contribution < -0.4 is 0 Å². The molecule has 1 heterocycles. The second kappa shape index (κ2) is 3.98. The third kappa shape index (κ3) is 1.88. The molecule has 0 N–H and O–H groups in total. The summed E-state index contributed by atoms with van der Waals surface area (Å²) in [5.74, 6) is 0.551. The maximum Gasteiger partial charge on any atom is 0.100 e. The molecule has 1 nitrogen and oxygen atoms in total. The van der Waals surface area contributed by atoms with Gasteiger partial charge in [-0.25, -0.2) is 4.98 Å². The van der Waals surface area contributed by atoms with Crippen molar-refractivity contribution in [1.82, 2.24) is 4.98 Å². The van der Waals surface area contributed by atoms with Gasteiger partial charge in [0.25, 0.3) is 0 Å². The zero-order valence-electron chi connectivity index (χ0n) is 6.60. The summed E-state index contributed by atoms with van der Waals surface area (Å²) in [5.41, 5.74) is 2.38. The van der Waals surface area contributed by atoms with Crippen molar-refractivity contribution < 1.29 is 0 Å². The maximum absolute atomic E-state index is 5.76. The highest BCUT2D eigenvalue weighted by molar-refractivity contribution is 7.98. The molecule has 1 aromatic rings. The Kier molecular flexibility index (Phi) is 3.21. The average Bonchev–Trinajstić information content (AvgIpc) is 2.04. The number of rotatable bonds is 2. The van der Waals surface area contributed by atoms with E-state index in [0.717, 1.165) is 10.6 Å². The molecule has 60 valence electrons. The highest BCUT2D eigenvalue weighted by Crippen LogP contribution is 2.21. The molecule has 1 rings (SSSR count). The van der Waals surface area contributed by atoms with E-state index in [9.17, 15) is 0 Å². The fourth-order valence-electron chi connectivity index (χ4n) is 0.902. The quantitative estimate of drug-likeness (QED) is 0.522. The molecule has 0 atom stereocenters. The minimum absolute atomic E-state index is 0.551. The van der Waals surface area contributed by atoms with Crippen molar-refractivity contribution in [1.29, 1.82) is 0 Å². The van der Waals surface area contributed by atoms with E-state index in [1.54, 1.807) is 11.8 Å². The first-order valence-corrected chi connectivity index (χ1v) is 5.10. The molecule has 0 aliphatic rings. The van der Waals surface area contributed by atoms with Gasteiger partial charge < -0.3 is 0 Å². The van der Waals surface area contributed by atoms with Gasteiger partial charge in [-0.05, 0) is 24.8 Å². The van der Waals surface area contributed by atoms with Crippen LogP contribution in [0.5, 0.6) is 0 Å². The molecular formula is C8H10ClNS. The van der Waals surface area contributed by atoms with Crippen LogP contribution in [-0.4, -0.2) is 11.2 Å². The van der Waals surface area contributed by atoms with Crippen molar-refractivity contribution in [2.24, 2.45) is 0 Å². The standard InChI is InChI=1S/C8H10ClNS/c1-6-3-4-10-8(11-2)7(6)5-9/h3-4H,5H2,1-2H3. The van der Waals surface area contributed by atoms with Crippen molar-refractivity contribution in [2.45, 2.75) is 17.8 Å². The van der Waals surface area contributed by atoms with Crippen LogP contribution in [0.1, 0.15) is 11.1 Å². The van der Waals surface area contributed by atoms with E-state index < -0.39 is 0 Å². The van der Waals surface area contributed by atoms with Gasteiger partial charge in [0.05, 0.1) is 5.88 Å². The molecule has 1 aromatic heterocycles. The van der Waals surface area contributed by atoms with Crippen LogP contribution >= 0.6 is 23.4 Å². The highest BCUT2D eigenvalue weighted by atomic mass is 35.5. The lowest BCUT2D eigenvalue weighted by molar-refractivity contribution is 1.04. The van der Waals surface area contributed by atoms with Crippen LogP contribution in [0.15, 0.2) is 17.3 Å². The van der Waals surface area contributed by atoms with Crippen LogP contribution in [-0.2, 0) is 5.88 Å². The second-order valence-corrected chi connectivity index (χ2v) is 3.31. The lowest BCUT2D eigenvalue weighted by atomic mass is 10.2. The topological polar surface area (TPSA) is 12.9 Å². The SMILES string of the molecule is CSc1nccc(C)c1CCl. The normalized spacial score (nSPS) is 10.1. The lowest BCUT2D eigenvalue weighted by Crippen LogP contribution is -1.90. The monoisotopic (exact) mass is 187 g/mol. The minimum Gasteiger partial charge on any atom is -0.250 e. The molecule has 0 fully saturated rings. The maximum atomic E-state index is 5.76. The van der Waals surface area contributed by atoms with Crippen molar-refractivity contribution in [3.8, 4) is 0 Å². The molecule has 0 spiro atoms. The average molecular weight is 188 g/mol. The molecule has 0 amide bonds. The van der Waals surface area contributed by atoms with E-state index in [1.807, 2.05) is 18.5 Å². The van der Waals surface area contributed by atoms with E-state index in [1.165, 1.54) is 5.56 Å². The Morgan fingerprint density at radius 2 is 2.36 bits per heavy atom. The van der Waals surface area contributed by atoms with Gasteiger partial charge in [0, 0.05) is 11.8 Å². The molecule has 0 radical (unpaired) electrons. The Morgan fingerprint density at radius 3 is 2.82 bits per heavy atom. The first kappa shape index (κ1) is 8.88. The third-order valence-corrected chi connectivity index (χ3v) is 2.58. The predicted molar refractivity (Wildman–Crippen MR) is 50.3 cm³/mol. The van der Waals surface area contributed by atoms with Crippen molar-refractivity contribution in [3.05, 3.63) is 23.4 Å². The number of alkyl halides is 1. The summed E-state index contributed by atoms with van der Waals surface area (Å²) in [6.07, 6.45) is 3.83.